The molecule has 0 radical (unpaired) electrons. The molecule has 0 spiro atoms. The standard InChI is InChI=1S/C7H10N2O3/c8-5(1-2-7(10)11)6-3-4-12-9-6/h3-5H,1-2,8H2,(H,10,11). The molecule has 66 valence electrons. The van der Waals surface area contributed by atoms with Crippen molar-refractivity contribution in [3.63, 3.8) is 0 Å². The Balaban J connectivity index is 2.39. The minimum absolute atomic E-state index is 0.0496. The highest BCUT2D eigenvalue weighted by Gasteiger charge is 2.10. The summed E-state index contributed by atoms with van der Waals surface area (Å²) in [6.07, 6.45) is 1.84. The van der Waals surface area contributed by atoms with Crippen LogP contribution in [0.4, 0.5) is 0 Å². The number of aliphatic carboxylic acids is 1. The lowest BCUT2D eigenvalue weighted by Crippen LogP contribution is -2.12. The minimum Gasteiger partial charge on any atom is -0.481 e. The van der Waals surface area contributed by atoms with Gasteiger partial charge in [0.05, 0.1) is 6.04 Å². The predicted molar refractivity (Wildman–Crippen MR) is 40.3 cm³/mol. The molecule has 1 aromatic heterocycles. The lowest BCUT2D eigenvalue weighted by Gasteiger charge is -2.04. The van der Waals surface area contributed by atoms with Crippen molar-refractivity contribution in [3.05, 3.63) is 18.0 Å². The van der Waals surface area contributed by atoms with Gasteiger partial charge in [-0.2, -0.15) is 0 Å². The Labute approximate surface area is 69.2 Å². The van der Waals surface area contributed by atoms with Gasteiger partial charge in [0.1, 0.15) is 12.0 Å². The van der Waals surface area contributed by atoms with Crippen molar-refractivity contribution < 1.29 is 14.4 Å². The Morgan fingerprint density at radius 3 is 3.08 bits per heavy atom. The van der Waals surface area contributed by atoms with Crippen LogP contribution in [0.2, 0.25) is 0 Å². The third-order valence-electron chi connectivity index (χ3n) is 1.51. The van der Waals surface area contributed by atoms with Gasteiger partial charge in [0.25, 0.3) is 0 Å². The molecule has 1 unspecified atom stereocenters. The molecule has 0 saturated carbocycles. The van der Waals surface area contributed by atoms with Crippen molar-refractivity contribution in [2.75, 3.05) is 0 Å². The van der Waals surface area contributed by atoms with E-state index in [0.717, 1.165) is 0 Å². The average molecular weight is 170 g/mol. The fraction of sp³-hybridized carbons (Fsp3) is 0.429. The van der Waals surface area contributed by atoms with Crippen LogP contribution in [0.15, 0.2) is 16.9 Å². The summed E-state index contributed by atoms with van der Waals surface area (Å²) < 4.78 is 4.57. The lowest BCUT2D eigenvalue weighted by atomic mass is 10.1. The van der Waals surface area contributed by atoms with Gasteiger partial charge in [0, 0.05) is 12.5 Å². The van der Waals surface area contributed by atoms with Crippen LogP contribution >= 0.6 is 0 Å². The molecule has 5 heteroatoms. The van der Waals surface area contributed by atoms with Gasteiger partial charge in [-0.05, 0) is 6.42 Å². The molecule has 1 rings (SSSR count). The summed E-state index contributed by atoms with van der Waals surface area (Å²) in [4.78, 5) is 10.2. The molecule has 0 bridgehead atoms. The fourth-order valence-corrected chi connectivity index (χ4v) is 0.840. The summed E-state index contributed by atoms with van der Waals surface area (Å²) >= 11 is 0. The van der Waals surface area contributed by atoms with Gasteiger partial charge < -0.3 is 15.4 Å². The quantitative estimate of drug-likeness (QED) is 0.688. The van der Waals surface area contributed by atoms with Gasteiger partial charge in [-0.3, -0.25) is 4.79 Å². The number of hydrogen-bond acceptors (Lipinski definition) is 4. The van der Waals surface area contributed by atoms with Crippen LogP contribution in [0, 0.1) is 0 Å². The van der Waals surface area contributed by atoms with Gasteiger partial charge in [-0.1, -0.05) is 5.16 Å². The number of carboxylic acid groups (broad SMARTS) is 1. The molecular formula is C7H10N2O3. The van der Waals surface area contributed by atoms with E-state index in [4.69, 9.17) is 10.8 Å². The molecule has 1 atom stereocenters. The Kier molecular flexibility index (Phi) is 2.82. The number of hydrogen-bond donors (Lipinski definition) is 2. The number of nitrogens with two attached hydrogens (primary N) is 1. The van der Waals surface area contributed by atoms with E-state index in [9.17, 15) is 4.79 Å². The number of aromatic nitrogens is 1. The van der Waals surface area contributed by atoms with Gasteiger partial charge in [0.2, 0.25) is 0 Å². The van der Waals surface area contributed by atoms with Crippen molar-refractivity contribution in [1.82, 2.24) is 5.16 Å². The van der Waals surface area contributed by atoms with E-state index in [1.165, 1.54) is 6.26 Å². The molecule has 1 heterocycles. The second-order valence-electron chi connectivity index (χ2n) is 2.46. The Bertz CT molecular complexity index is 245. The van der Waals surface area contributed by atoms with Crippen molar-refractivity contribution in [1.29, 1.82) is 0 Å². The summed E-state index contributed by atoms with van der Waals surface area (Å²) in [6, 6.07) is 1.28. The van der Waals surface area contributed by atoms with Crippen molar-refractivity contribution >= 4 is 5.97 Å². The zero-order chi connectivity index (χ0) is 8.97. The van der Waals surface area contributed by atoms with Crippen molar-refractivity contribution in [3.8, 4) is 0 Å². The average Bonchev–Trinajstić information content (AvgIpc) is 2.51. The van der Waals surface area contributed by atoms with Crippen LogP contribution in [0.25, 0.3) is 0 Å². The summed E-state index contributed by atoms with van der Waals surface area (Å²) in [7, 11) is 0. The molecule has 0 aromatic carbocycles. The Morgan fingerprint density at radius 2 is 2.58 bits per heavy atom. The molecule has 5 nitrogen and oxygen atoms in total. The first kappa shape index (κ1) is 8.73. The third kappa shape index (κ3) is 2.35. The van der Waals surface area contributed by atoms with Crippen molar-refractivity contribution in [2.24, 2.45) is 5.73 Å². The highest BCUT2D eigenvalue weighted by atomic mass is 16.5. The molecule has 12 heavy (non-hydrogen) atoms. The molecule has 0 saturated heterocycles. The highest BCUT2D eigenvalue weighted by molar-refractivity contribution is 5.66. The third-order valence-corrected chi connectivity index (χ3v) is 1.51. The van der Waals surface area contributed by atoms with Gasteiger partial charge in [-0.15, -0.1) is 0 Å². The van der Waals surface area contributed by atoms with Crippen LogP contribution in [0.5, 0.6) is 0 Å². The number of nitrogens with zero attached hydrogens (tertiary/aromatic N) is 1. The molecule has 0 aliphatic heterocycles. The largest absolute Gasteiger partial charge is 0.481 e. The Morgan fingerprint density at radius 1 is 1.83 bits per heavy atom. The second-order valence-corrected chi connectivity index (χ2v) is 2.46. The Hall–Kier alpha value is -1.36. The van der Waals surface area contributed by atoms with E-state index in [-0.39, 0.29) is 12.5 Å². The maximum Gasteiger partial charge on any atom is 0.303 e. The van der Waals surface area contributed by atoms with Crippen molar-refractivity contribution in [2.45, 2.75) is 18.9 Å². The number of carboxylic acids is 1. The van der Waals surface area contributed by atoms with E-state index >= 15 is 0 Å². The van der Waals surface area contributed by atoms with E-state index in [2.05, 4.69) is 9.68 Å². The molecular weight excluding hydrogens is 160 g/mol. The first-order valence-corrected chi connectivity index (χ1v) is 3.58. The smallest absolute Gasteiger partial charge is 0.303 e. The summed E-state index contributed by atoms with van der Waals surface area (Å²) in [5.41, 5.74) is 6.20. The minimum atomic E-state index is -0.853. The zero-order valence-electron chi connectivity index (χ0n) is 6.43. The van der Waals surface area contributed by atoms with Gasteiger partial charge >= 0.3 is 5.97 Å². The summed E-state index contributed by atoms with van der Waals surface area (Å²) in [5, 5.41) is 12.0. The van der Waals surface area contributed by atoms with Crippen LogP contribution in [-0.4, -0.2) is 16.2 Å². The summed E-state index contributed by atoms with van der Waals surface area (Å²) in [6.45, 7) is 0. The maximum atomic E-state index is 10.2. The van der Waals surface area contributed by atoms with E-state index < -0.39 is 5.97 Å². The van der Waals surface area contributed by atoms with Crippen LogP contribution in [0.3, 0.4) is 0 Å². The maximum absolute atomic E-state index is 10.2. The number of carbonyl (C=O) groups is 1. The van der Waals surface area contributed by atoms with Gasteiger partial charge in [-0.25, -0.2) is 0 Å². The predicted octanol–water partition coefficient (Wildman–Crippen LogP) is 0.539. The SMILES string of the molecule is NC(CCC(=O)O)c1ccon1. The lowest BCUT2D eigenvalue weighted by molar-refractivity contribution is -0.137. The normalized spacial score (nSPS) is 12.8. The zero-order valence-corrected chi connectivity index (χ0v) is 6.43. The highest BCUT2D eigenvalue weighted by Crippen LogP contribution is 2.12. The molecule has 0 fully saturated rings. The molecule has 0 aliphatic carbocycles. The van der Waals surface area contributed by atoms with E-state index in [1.54, 1.807) is 6.07 Å². The van der Waals surface area contributed by atoms with Crippen LogP contribution in [-0.2, 0) is 4.79 Å². The summed E-state index contributed by atoms with van der Waals surface area (Å²) in [5.74, 6) is -0.853. The molecule has 1 aromatic rings. The van der Waals surface area contributed by atoms with Crippen LogP contribution < -0.4 is 5.73 Å². The monoisotopic (exact) mass is 170 g/mol. The molecule has 0 amide bonds. The second kappa shape index (κ2) is 3.87. The topological polar surface area (TPSA) is 89.4 Å². The first-order valence-electron chi connectivity index (χ1n) is 3.58. The first-order chi connectivity index (χ1) is 5.70. The van der Waals surface area contributed by atoms with Crippen LogP contribution in [0.1, 0.15) is 24.6 Å². The fourth-order valence-electron chi connectivity index (χ4n) is 0.840. The molecule has 0 aliphatic rings. The number of rotatable bonds is 4. The molecule has 3 N–H and O–H groups in total. The van der Waals surface area contributed by atoms with E-state index in [0.29, 0.717) is 12.1 Å². The van der Waals surface area contributed by atoms with E-state index in [1.807, 2.05) is 0 Å². The van der Waals surface area contributed by atoms with Gasteiger partial charge in [0.15, 0.2) is 0 Å².